The van der Waals surface area contributed by atoms with Gasteiger partial charge in [-0.2, -0.15) is 0 Å². The van der Waals surface area contributed by atoms with Gasteiger partial charge in [-0.3, -0.25) is 9.59 Å². The van der Waals surface area contributed by atoms with Gasteiger partial charge in [0, 0.05) is 19.1 Å². The molecule has 2 heterocycles. The lowest BCUT2D eigenvalue weighted by Crippen LogP contribution is -2.46. The van der Waals surface area contributed by atoms with E-state index in [0.717, 1.165) is 43.3 Å². The lowest BCUT2D eigenvalue weighted by Gasteiger charge is -2.33. The fourth-order valence-electron chi connectivity index (χ4n) is 4.01. The van der Waals surface area contributed by atoms with Gasteiger partial charge in [-0.05, 0) is 37.8 Å². The molecule has 25 heavy (non-hydrogen) atoms. The molecule has 2 aromatic rings. The van der Waals surface area contributed by atoms with Crippen LogP contribution >= 0.6 is 0 Å². The van der Waals surface area contributed by atoms with Gasteiger partial charge in [0.15, 0.2) is 5.82 Å². The van der Waals surface area contributed by atoms with Crippen LogP contribution in [0.3, 0.4) is 0 Å². The smallest absolute Gasteiger partial charge is 0.291 e. The van der Waals surface area contributed by atoms with Gasteiger partial charge in [0.2, 0.25) is 5.91 Å². The van der Waals surface area contributed by atoms with Crippen LogP contribution in [0.5, 0.6) is 0 Å². The molecule has 1 aromatic carbocycles. The quantitative estimate of drug-likeness (QED) is 0.898. The number of anilines is 1. The van der Waals surface area contributed by atoms with Crippen molar-refractivity contribution in [3.05, 3.63) is 34.6 Å². The zero-order valence-electron chi connectivity index (χ0n) is 14.3. The van der Waals surface area contributed by atoms with Crippen molar-refractivity contribution in [1.82, 2.24) is 15.3 Å². The first-order valence-corrected chi connectivity index (χ1v) is 9.25. The van der Waals surface area contributed by atoms with Crippen molar-refractivity contribution in [2.24, 2.45) is 5.92 Å². The minimum Gasteiger partial charge on any atom is -0.353 e. The largest absolute Gasteiger partial charge is 0.353 e. The summed E-state index contributed by atoms with van der Waals surface area (Å²) in [7, 11) is 0. The second kappa shape index (κ2) is 6.86. The zero-order valence-corrected chi connectivity index (χ0v) is 14.3. The number of para-hydroxylation sites is 2. The predicted molar refractivity (Wildman–Crippen MR) is 97.7 cm³/mol. The molecule has 6 heteroatoms. The number of nitrogens with one attached hydrogen (secondary N) is 2. The molecule has 1 amide bonds. The molecule has 1 aliphatic carbocycles. The third-order valence-electron chi connectivity index (χ3n) is 5.37. The van der Waals surface area contributed by atoms with Crippen LogP contribution in [0.4, 0.5) is 5.82 Å². The number of aromatic amines is 1. The first kappa shape index (κ1) is 16.1. The van der Waals surface area contributed by atoms with Gasteiger partial charge in [-0.15, -0.1) is 0 Å². The molecule has 0 spiro atoms. The highest BCUT2D eigenvalue weighted by molar-refractivity contribution is 5.80. The molecule has 1 atom stereocenters. The number of hydrogen-bond acceptors (Lipinski definition) is 4. The SMILES string of the molecule is O=C(NC1CCCC1)[C@@H]1CCCN(c2nc3ccccc3[nH]c2=O)C1. The first-order valence-electron chi connectivity index (χ1n) is 9.25. The topological polar surface area (TPSA) is 78.1 Å². The van der Waals surface area contributed by atoms with E-state index in [0.29, 0.717) is 18.4 Å². The van der Waals surface area contributed by atoms with Gasteiger partial charge in [0.25, 0.3) is 5.56 Å². The van der Waals surface area contributed by atoms with E-state index in [1.54, 1.807) is 0 Å². The molecule has 4 rings (SSSR count). The van der Waals surface area contributed by atoms with E-state index < -0.39 is 0 Å². The molecule has 6 nitrogen and oxygen atoms in total. The van der Waals surface area contributed by atoms with Gasteiger partial charge >= 0.3 is 0 Å². The molecular formula is C19H24N4O2. The van der Waals surface area contributed by atoms with Gasteiger partial charge in [0.05, 0.1) is 17.0 Å². The Bertz CT molecular complexity index is 826. The Morgan fingerprint density at radius 2 is 1.96 bits per heavy atom. The number of rotatable bonds is 3. The maximum atomic E-state index is 12.6. The summed E-state index contributed by atoms with van der Waals surface area (Å²) in [5, 5.41) is 3.19. The number of carbonyl (C=O) groups is 1. The number of piperidine rings is 1. The lowest BCUT2D eigenvalue weighted by molar-refractivity contribution is -0.125. The molecular weight excluding hydrogens is 316 g/mol. The lowest BCUT2D eigenvalue weighted by atomic mass is 9.96. The van der Waals surface area contributed by atoms with Crippen LogP contribution in [0.2, 0.25) is 0 Å². The van der Waals surface area contributed by atoms with Crippen molar-refractivity contribution in [1.29, 1.82) is 0 Å². The number of nitrogens with zero attached hydrogens (tertiary/aromatic N) is 2. The van der Waals surface area contributed by atoms with Gasteiger partial charge in [0.1, 0.15) is 0 Å². The van der Waals surface area contributed by atoms with Crippen molar-refractivity contribution in [2.75, 3.05) is 18.0 Å². The van der Waals surface area contributed by atoms with Gasteiger partial charge in [-0.25, -0.2) is 4.98 Å². The summed E-state index contributed by atoms with van der Waals surface area (Å²) >= 11 is 0. The van der Waals surface area contributed by atoms with Crippen molar-refractivity contribution >= 4 is 22.8 Å². The molecule has 132 valence electrons. The average molecular weight is 340 g/mol. The Balaban J connectivity index is 1.51. The fourth-order valence-corrected chi connectivity index (χ4v) is 4.01. The molecule has 0 bridgehead atoms. The van der Waals surface area contributed by atoms with Crippen LogP contribution in [-0.2, 0) is 4.79 Å². The highest BCUT2D eigenvalue weighted by Crippen LogP contribution is 2.23. The number of amides is 1. The normalized spacial score (nSPS) is 21.6. The van der Waals surface area contributed by atoms with Crippen molar-refractivity contribution in [3.63, 3.8) is 0 Å². The summed E-state index contributed by atoms with van der Waals surface area (Å²) in [5.41, 5.74) is 1.33. The number of H-pyrrole nitrogens is 1. The highest BCUT2D eigenvalue weighted by Gasteiger charge is 2.29. The van der Waals surface area contributed by atoms with Crippen LogP contribution < -0.4 is 15.8 Å². The van der Waals surface area contributed by atoms with E-state index in [4.69, 9.17) is 0 Å². The number of benzene rings is 1. The van der Waals surface area contributed by atoms with Crippen LogP contribution in [0.1, 0.15) is 38.5 Å². The number of carbonyl (C=O) groups excluding carboxylic acids is 1. The molecule has 0 radical (unpaired) electrons. The number of aromatic nitrogens is 2. The van der Waals surface area contributed by atoms with E-state index in [9.17, 15) is 9.59 Å². The Kier molecular flexibility index (Phi) is 4.42. The van der Waals surface area contributed by atoms with Crippen molar-refractivity contribution < 1.29 is 4.79 Å². The Morgan fingerprint density at radius 1 is 1.16 bits per heavy atom. The van der Waals surface area contributed by atoms with Crippen LogP contribution in [-0.4, -0.2) is 35.0 Å². The summed E-state index contributed by atoms with van der Waals surface area (Å²) in [4.78, 5) is 34.4. The minimum absolute atomic E-state index is 0.0676. The van der Waals surface area contributed by atoms with E-state index in [2.05, 4.69) is 15.3 Å². The standard InChI is InChI=1S/C19H24N4O2/c24-18(20-14-7-1-2-8-14)13-6-5-11-23(12-13)17-19(25)22-16-10-4-3-9-15(16)21-17/h3-4,9-10,13-14H,1-2,5-8,11-12H2,(H,20,24)(H,22,25)/t13-/m1/s1. The van der Waals surface area contributed by atoms with E-state index in [-0.39, 0.29) is 17.4 Å². The second-order valence-electron chi connectivity index (χ2n) is 7.18. The van der Waals surface area contributed by atoms with E-state index in [1.807, 2.05) is 29.2 Å². The molecule has 2 N–H and O–H groups in total. The summed E-state index contributed by atoms with van der Waals surface area (Å²) < 4.78 is 0. The molecule has 1 aromatic heterocycles. The fraction of sp³-hybridized carbons (Fsp3) is 0.526. The second-order valence-corrected chi connectivity index (χ2v) is 7.18. The predicted octanol–water partition coefficient (Wildman–Crippen LogP) is 2.20. The summed E-state index contributed by atoms with van der Waals surface area (Å²) in [6.07, 6.45) is 6.37. The minimum atomic E-state index is -0.185. The molecule has 1 saturated carbocycles. The molecule has 1 aliphatic heterocycles. The van der Waals surface area contributed by atoms with Crippen LogP contribution in [0, 0.1) is 5.92 Å². The van der Waals surface area contributed by atoms with Crippen LogP contribution in [0.25, 0.3) is 11.0 Å². The van der Waals surface area contributed by atoms with Gasteiger partial charge < -0.3 is 15.2 Å². The third-order valence-corrected chi connectivity index (χ3v) is 5.37. The maximum absolute atomic E-state index is 12.6. The Labute approximate surface area is 146 Å². The monoisotopic (exact) mass is 340 g/mol. The average Bonchev–Trinajstić information content (AvgIpc) is 3.14. The summed E-state index contributed by atoms with van der Waals surface area (Å²) in [6.45, 7) is 1.33. The van der Waals surface area contributed by atoms with Crippen molar-refractivity contribution in [2.45, 2.75) is 44.6 Å². The van der Waals surface area contributed by atoms with E-state index in [1.165, 1.54) is 12.8 Å². The molecule has 2 fully saturated rings. The molecule has 0 unspecified atom stereocenters. The van der Waals surface area contributed by atoms with E-state index >= 15 is 0 Å². The number of fused-ring (bicyclic) bond motifs is 1. The van der Waals surface area contributed by atoms with Crippen molar-refractivity contribution in [3.8, 4) is 0 Å². The molecule has 1 saturated heterocycles. The highest BCUT2D eigenvalue weighted by atomic mass is 16.2. The van der Waals surface area contributed by atoms with Crippen LogP contribution in [0.15, 0.2) is 29.1 Å². The molecule has 2 aliphatic rings. The third kappa shape index (κ3) is 3.38. The number of hydrogen-bond donors (Lipinski definition) is 2. The van der Waals surface area contributed by atoms with Gasteiger partial charge in [-0.1, -0.05) is 25.0 Å². The summed E-state index contributed by atoms with van der Waals surface area (Å²) in [6, 6.07) is 7.87. The first-order chi connectivity index (χ1) is 12.2. The zero-order chi connectivity index (χ0) is 17.2. The summed E-state index contributed by atoms with van der Waals surface area (Å²) in [5.74, 6) is 0.493. The maximum Gasteiger partial charge on any atom is 0.291 e. The Morgan fingerprint density at radius 3 is 2.80 bits per heavy atom. The Hall–Kier alpha value is -2.37.